The molecule has 3 atom stereocenters. The number of rotatable bonds is 5. The number of hydrogen-bond acceptors (Lipinski definition) is 4. The molecule has 138 valence electrons. The lowest BCUT2D eigenvalue weighted by Gasteiger charge is -2.45. The molecule has 3 unspecified atom stereocenters. The van der Waals surface area contributed by atoms with Crippen molar-refractivity contribution in [2.75, 3.05) is 40.3 Å². The molecular weight excluding hydrogens is 337 g/mol. The van der Waals surface area contributed by atoms with Gasteiger partial charge in [0, 0.05) is 25.2 Å². The van der Waals surface area contributed by atoms with Crippen LogP contribution in [-0.4, -0.2) is 62.8 Å². The maximum Gasteiger partial charge on any atom is 0.222 e. The van der Waals surface area contributed by atoms with Gasteiger partial charge in [0.1, 0.15) is 0 Å². The molecule has 0 radical (unpaired) electrons. The number of nitrogens with zero attached hydrogens (tertiary/aromatic N) is 1. The van der Waals surface area contributed by atoms with Crippen LogP contribution < -0.4 is 10.6 Å². The Kier molecular flexibility index (Phi) is 10.7. The summed E-state index contributed by atoms with van der Waals surface area (Å²) in [6.45, 7) is 5.45. The van der Waals surface area contributed by atoms with Crippen molar-refractivity contribution < 1.29 is 9.53 Å². The second-order valence-electron chi connectivity index (χ2n) is 7.00. The third kappa shape index (κ3) is 6.75. The summed E-state index contributed by atoms with van der Waals surface area (Å²) in [5, 5.41) is 6.42. The van der Waals surface area contributed by atoms with Gasteiger partial charge in [-0.2, -0.15) is 0 Å². The first-order valence-corrected chi connectivity index (χ1v) is 8.28. The van der Waals surface area contributed by atoms with Gasteiger partial charge in [0.25, 0.3) is 0 Å². The van der Waals surface area contributed by atoms with E-state index in [0.717, 1.165) is 25.6 Å². The van der Waals surface area contributed by atoms with Crippen LogP contribution in [-0.2, 0) is 9.53 Å². The Labute approximate surface area is 153 Å². The molecule has 5 nitrogen and oxygen atoms in total. The highest BCUT2D eigenvalue weighted by Gasteiger charge is 2.37. The summed E-state index contributed by atoms with van der Waals surface area (Å²) in [6, 6.07) is 0. The number of carbonyl (C=O) groups excluding carboxylic acids is 1. The fraction of sp³-hybridized carbons (Fsp3) is 0.938. The molecule has 0 aromatic heterocycles. The Hall–Kier alpha value is -0.0700. The first kappa shape index (κ1) is 22.9. The van der Waals surface area contributed by atoms with Crippen LogP contribution in [0, 0.1) is 5.92 Å². The topological polar surface area (TPSA) is 53.6 Å². The number of ether oxygens (including phenoxy) is 1. The second-order valence-corrected chi connectivity index (χ2v) is 7.00. The Balaban J connectivity index is 0.00000242. The molecule has 0 aromatic rings. The van der Waals surface area contributed by atoms with Gasteiger partial charge in [0.05, 0.1) is 19.1 Å². The summed E-state index contributed by atoms with van der Waals surface area (Å²) in [5.74, 6) is 0.854. The van der Waals surface area contributed by atoms with E-state index in [1.54, 1.807) is 0 Å². The number of carbonyl (C=O) groups is 1. The molecule has 0 spiro atoms. The van der Waals surface area contributed by atoms with Gasteiger partial charge in [0.2, 0.25) is 5.91 Å². The highest BCUT2D eigenvalue weighted by molar-refractivity contribution is 5.85. The molecule has 2 rings (SSSR count). The molecule has 0 aromatic carbocycles. The molecule has 23 heavy (non-hydrogen) atoms. The van der Waals surface area contributed by atoms with Crippen LogP contribution in [0.4, 0.5) is 0 Å². The van der Waals surface area contributed by atoms with E-state index in [2.05, 4.69) is 36.6 Å². The fourth-order valence-corrected chi connectivity index (χ4v) is 3.65. The summed E-state index contributed by atoms with van der Waals surface area (Å²) in [5.41, 5.74) is 0.124. The minimum Gasteiger partial charge on any atom is -0.375 e. The van der Waals surface area contributed by atoms with E-state index in [1.807, 2.05) is 0 Å². The second kappa shape index (κ2) is 10.7. The minimum absolute atomic E-state index is 0. The van der Waals surface area contributed by atoms with Crippen LogP contribution >= 0.6 is 24.8 Å². The maximum absolute atomic E-state index is 12.2. The summed E-state index contributed by atoms with van der Waals surface area (Å²) < 4.78 is 5.60. The molecule has 7 heteroatoms. The van der Waals surface area contributed by atoms with Crippen molar-refractivity contribution in [3.8, 4) is 0 Å². The van der Waals surface area contributed by atoms with Gasteiger partial charge < -0.3 is 20.3 Å². The van der Waals surface area contributed by atoms with Gasteiger partial charge in [-0.15, -0.1) is 24.8 Å². The van der Waals surface area contributed by atoms with Gasteiger partial charge in [-0.05, 0) is 32.9 Å². The van der Waals surface area contributed by atoms with E-state index in [1.165, 1.54) is 25.7 Å². The molecule has 2 aliphatic rings. The van der Waals surface area contributed by atoms with E-state index in [9.17, 15) is 4.79 Å². The highest BCUT2D eigenvalue weighted by atomic mass is 35.5. The number of morpholine rings is 1. The number of amides is 1. The van der Waals surface area contributed by atoms with E-state index in [0.29, 0.717) is 13.0 Å². The molecule has 1 saturated heterocycles. The van der Waals surface area contributed by atoms with Crippen LogP contribution in [0.25, 0.3) is 0 Å². The monoisotopic (exact) mass is 369 g/mol. The molecule has 2 fully saturated rings. The van der Waals surface area contributed by atoms with Crippen molar-refractivity contribution in [2.24, 2.45) is 5.92 Å². The lowest BCUT2D eigenvalue weighted by molar-refractivity contribution is -0.125. The molecule has 1 aliphatic heterocycles. The van der Waals surface area contributed by atoms with Crippen LogP contribution in [0.2, 0.25) is 0 Å². The zero-order chi connectivity index (χ0) is 15.3. The van der Waals surface area contributed by atoms with Crippen LogP contribution in [0.5, 0.6) is 0 Å². The standard InChI is InChI=1S/C16H31N3O2.2ClH/c1-13-5-4-6-16(10-13,19(2)3)12-18-15(20)9-14-11-17-7-8-21-14;;/h13-14,17H,4-12H2,1-3H3,(H,18,20);2*1H. The van der Waals surface area contributed by atoms with Crippen molar-refractivity contribution in [3.05, 3.63) is 0 Å². The van der Waals surface area contributed by atoms with Crippen molar-refractivity contribution in [2.45, 2.75) is 50.7 Å². The molecule has 0 bridgehead atoms. The average molecular weight is 370 g/mol. The summed E-state index contributed by atoms with van der Waals surface area (Å²) in [4.78, 5) is 14.5. The fourth-order valence-electron chi connectivity index (χ4n) is 3.65. The van der Waals surface area contributed by atoms with Crippen molar-refractivity contribution in [1.82, 2.24) is 15.5 Å². The third-order valence-corrected chi connectivity index (χ3v) is 5.05. The van der Waals surface area contributed by atoms with Crippen molar-refractivity contribution in [1.29, 1.82) is 0 Å². The highest BCUT2D eigenvalue weighted by Crippen LogP contribution is 2.35. The van der Waals surface area contributed by atoms with Gasteiger partial charge in [-0.25, -0.2) is 0 Å². The van der Waals surface area contributed by atoms with Gasteiger partial charge in [-0.3, -0.25) is 4.79 Å². The van der Waals surface area contributed by atoms with Crippen molar-refractivity contribution in [3.63, 3.8) is 0 Å². The Morgan fingerprint density at radius 1 is 1.39 bits per heavy atom. The predicted octanol–water partition coefficient (Wildman–Crippen LogP) is 1.84. The lowest BCUT2D eigenvalue weighted by Crippen LogP contribution is -2.55. The number of nitrogens with one attached hydrogen (secondary N) is 2. The zero-order valence-electron chi connectivity index (χ0n) is 14.6. The molecule has 2 N–H and O–H groups in total. The first-order chi connectivity index (χ1) is 10.0. The normalized spacial score (nSPS) is 31.0. The molecule has 1 amide bonds. The SMILES string of the molecule is CC1CCCC(CNC(=O)CC2CNCCO2)(N(C)C)C1.Cl.Cl. The predicted molar refractivity (Wildman–Crippen MR) is 98.8 cm³/mol. The molecule has 1 aliphatic carbocycles. The Morgan fingerprint density at radius 2 is 2.13 bits per heavy atom. The van der Waals surface area contributed by atoms with Gasteiger partial charge in [0.15, 0.2) is 0 Å². The van der Waals surface area contributed by atoms with Gasteiger partial charge >= 0.3 is 0 Å². The van der Waals surface area contributed by atoms with Crippen molar-refractivity contribution >= 4 is 30.7 Å². The lowest BCUT2D eigenvalue weighted by atomic mass is 9.75. The minimum atomic E-state index is 0. The van der Waals surface area contributed by atoms with Crippen LogP contribution in [0.1, 0.15) is 39.0 Å². The third-order valence-electron chi connectivity index (χ3n) is 5.05. The summed E-state index contributed by atoms with van der Waals surface area (Å²) >= 11 is 0. The Morgan fingerprint density at radius 3 is 2.70 bits per heavy atom. The van der Waals surface area contributed by atoms with E-state index in [4.69, 9.17) is 4.74 Å². The molecular formula is C16H33Cl2N3O2. The van der Waals surface area contributed by atoms with Crippen LogP contribution in [0.15, 0.2) is 0 Å². The molecule has 1 heterocycles. The van der Waals surface area contributed by atoms with Crippen LogP contribution in [0.3, 0.4) is 0 Å². The first-order valence-electron chi connectivity index (χ1n) is 8.28. The quantitative estimate of drug-likeness (QED) is 0.776. The number of halogens is 2. The largest absolute Gasteiger partial charge is 0.375 e. The van der Waals surface area contributed by atoms with E-state index < -0.39 is 0 Å². The van der Waals surface area contributed by atoms with E-state index >= 15 is 0 Å². The smallest absolute Gasteiger partial charge is 0.222 e. The Bertz CT molecular complexity index is 352. The molecule has 1 saturated carbocycles. The number of likely N-dealkylation sites (N-methyl/N-ethyl adjacent to an activating group) is 1. The maximum atomic E-state index is 12.2. The average Bonchev–Trinajstić information content (AvgIpc) is 2.46. The summed E-state index contributed by atoms with van der Waals surface area (Å²) in [6.07, 6.45) is 5.40. The van der Waals surface area contributed by atoms with Gasteiger partial charge in [-0.1, -0.05) is 19.8 Å². The zero-order valence-corrected chi connectivity index (χ0v) is 16.2. The summed E-state index contributed by atoms with van der Waals surface area (Å²) in [7, 11) is 4.27. The van der Waals surface area contributed by atoms with E-state index in [-0.39, 0.29) is 42.4 Å². The number of hydrogen-bond donors (Lipinski definition) is 2.